The summed E-state index contributed by atoms with van der Waals surface area (Å²) in [6.45, 7) is 4.06. The van der Waals surface area contributed by atoms with Crippen LogP contribution in [-0.2, 0) is 19.0 Å². The number of carbonyl (C=O) groups is 1. The Morgan fingerprint density at radius 1 is 1.47 bits per heavy atom. The van der Waals surface area contributed by atoms with E-state index in [1.807, 2.05) is 0 Å². The van der Waals surface area contributed by atoms with Gasteiger partial charge in [-0.1, -0.05) is 11.6 Å². The number of carbonyl (C=O) groups excluding carboxylic acids is 1. The SMILES string of the molecule is CC1=CCCC2(C1)OCCO2.COC=O. The third-order valence-corrected chi connectivity index (χ3v) is 2.48. The van der Waals surface area contributed by atoms with E-state index in [1.165, 1.54) is 12.7 Å². The largest absolute Gasteiger partial charge is 0.471 e. The van der Waals surface area contributed by atoms with Crippen LogP contribution in [0.25, 0.3) is 0 Å². The lowest BCUT2D eigenvalue weighted by Gasteiger charge is -2.30. The Morgan fingerprint density at radius 2 is 2.07 bits per heavy atom. The van der Waals surface area contributed by atoms with E-state index in [0.717, 1.165) is 32.5 Å². The highest BCUT2D eigenvalue weighted by Gasteiger charge is 2.37. The van der Waals surface area contributed by atoms with Gasteiger partial charge in [0.15, 0.2) is 5.79 Å². The van der Waals surface area contributed by atoms with Gasteiger partial charge in [0, 0.05) is 12.8 Å². The second-order valence-electron chi connectivity index (χ2n) is 3.71. The highest BCUT2D eigenvalue weighted by atomic mass is 16.7. The number of hydrogen-bond acceptors (Lipinski definition) is 4. The Balaban J connectivity index is 0.000000245. The minimum atomic E-state index is -0.223. The van der Waals surface area contributed by atoms with Gasteiger partial charge >= 0.3 is 0 Å². The molecule has 4 heteroatoms. The zero-order valence-electron chi connectivity index (χ0n) is 9.32. The van der Waals surface area contributed by atoms with Gasteiger partial charge in [-0.3, -0.25) is 4.79 Å². The maximum Gasteiger partial charge on any atom is 0.292 e. The van der Waals surface area contributed by atoms with E-state index in [0.29, 0.717) is 6.47 Å². The molecule has 0 atom stereocenters. The van der Waals surface area contributed by atoms with Gasteiger partial charge in [-0.2, -0.15) is 0 Å². The zero-order chi connectivity index (χ0) is 11.1. The van der Waals surface area contributed by atoms with Crippen molar-refractivity contribution in [2.24, 2.45) is 0 Å². The van der Waals surface area contributed by atoms with Gasteiger partial charge < -0.3 is 14.2 Å². The summed E-state index contributed by atoms with van der Waals surface area (Å²) in [7, 11) is 1.31. The lowest BCUT2D eigenvalue weighted by molar-refractivity contribution is -0.162. The number of methoxy groups -OCH3 is 1. The highest BCUT2D eigenvalue weighted by molar-refractivity contribution is 5.36. The molecular formula is C11H18O4. The summed E-state index contributed by atoms with van der Waals surface area (Å²) >= 11 is 0. The van der Waals surface area contributed by atoms with Crippen LogP contribution in [0.3, 0.4) is 0 Å². The van der Waals surface area contributed by atoms with Gasteiger partial charge in [-0.15, -0.1) is 0 Å². The molecule has 1 spiro atoms. The summed E-state index contributed by atoms with van der Waals surface area (Å²) in [4.78, 5) is 8.95. The van der Waals surface area contributed by atoms with E-state index in [-0.39, 0.29) is 5.79 Å². The van der Waals surface area contributed by atoms with Crippen LogP contribution >= 0.6 is 0 Å². The van der Waals surface area contributed by atoms with Crippen LogP contribution in [0.1, 0.15) is 26.2 Å². The van der Waals surface area contributed by atoms with Crippen LogP contribution in [0.4, 0.5) is 0 Å². The van der Waals surface area contributed by atoms with E-state index in [1.54, 1.807) is 0 Å². The average molecular weight is 214 g/mol. The monoisotopic (exact) mass is 214 g/mol. The van der Waals surface area contributed by atoms with E-state index in [4.69, 9.17) is 14.3 Å². The van der Waals surface area contributed by atoms with Crippen molar-refractivity contribution in [3.63, 3.8) is 0 Å². The van der Waals surface area contributed by atoms with Crippen LogP contribution in [0.2, 0.25) is 0 Å². The molecule has 1 saturated heterocycles. The Kier molecular flexibility index (Phi) is 4.78. The predicted octanol–water partition coefficient (Wildman–Crippen LogP) is 1.65. The van der Waals surface area contributed by atoms with Crippen molar-refractivity contribution in [1.82, 2.24) is 0 Å². The van der Waals surface area contributed by atoms with Crippen molar-refractivity contribution in [1.29, 1.82) is 0 Å². The number of ether oxygens (including phenoxy) is 3. The molecule has 0 bridgehead atoms. The second kappa shape index (κ2) is 5.88. The van der Waals surface area contributed by atoms with Crippen molar-refractivity contribution in [2.75, 3.05) is 20.3 Å². The third kappa shape index (κ3) is 3.64. The second-order valence-corrected chi connectivity index (χ2v) is 3.71. The molecule has 1 aliphatic heterocycles. The van der Waals surface area contributed by atoms with E-state index < -0.39 is 0 Å². The maximum atomic E-state index is 8.95. The van der Waals surface area contributed by atoms with Crippen molar-refractivity contribution in [3.05, 3.63) is 11.6 Å². The lowest BCUT2D eigenvalue weighted by atomic mass is 9.95. The molecule has 0 radical (unpaired) electrons. The topological polar surface area (TPSA) is 44.8 Å². The van der Waals surface area contributed by atoms with Crippen molar-refractivity contribution < 1.29 is 19.0 Å². The fraction of sp³-hybridized carbons (Fsp3) is 0.727. The predicted molar refractivity (Wildman–Crippen MR) is 55.3 cm³/mol. The molecule has 86 valence electrons. The molecule has 0 saturated carbocycles. The van der Waals surface area contributed by atoms with E-state index >= 15 is 0 Å². The highest BCUT2D eigenvalue weighted by Crippen LogP contribution is 2.35. The molecule has 1 fully saturated rings. The molecule has 2 rings (SSSR count). The molecule has 1 heterocycles. The molecule has 4 nitrogen and oxygen atoms in total. The van der Waals surface area contributed by atoms with E-state index in [2.05, 4.69) is 17.7 Å². The number of rotatable bonds is 1. The van der Waals surface area contributed by atoms with Gasteiger partial charge in [-0.05, 0) is 13.3 Å². The van der Waals surface area contributed by atoms with Gasteiger partial charge in [0.2, 0.25) is 0 Å². The van der Waals surface area contributed by atoms with Crippen LogP contribution < -0.4 is 0 Å². The first-order valence-electron chi connectivity index (χ1n) is 5.12. The van der Waals surface area contributed by atoms with Crippen LogP contribution in [0, 0.1) is 0 Å². The Morgan fingerprint density at radius 3 is 2.53 bits per heavy atom. The first kappa shape index (κ1) is 12.2. The Bertz CT molecular complexity index is 229. The summed E-state index contributed by atoms with van der Waals surface area (Å²) in [5, 5.41) is 0. The molecule has 0 aromatic carbocycles. The van der Waals surface area contributed by atoms with E-state index in [9.17, 15) is 0 Å². The fourth-order valence-electron chi connectivity index (χ4n) is 1.87. The molecule has 0 aromatic heterocycles. The van der Waals surface area contributed by atoms with Gasteiger partial charge in [0.1, 0.15) is 0 Å². The summed E-state index contributed by atoms with van der Waals surface area (Å²) in [5.74, 6) is -0.223. The van der Waals surface area contributed by atoms with Crippen LogP contribution in [0.5, 0.6) is 0 Å². The lowest BCUT2D eigenvalue weighted by Crippen LogP contribution is -2.32. The Labute approximate surface area is 90.2 Å². The van der Waals surface area contributed by atoms with Gasteiger partial charge in [0.25, 0.3) is 6.47 Å². The zero-order valence-corrected chi connectivity index (χ0v) is 9.32. The molecule has 0 N–H and O–H groups in total. The fourth-order valence-corrected chi connectivity index (χ4v) is 1.87. The average Bonchev–Trinajstić information content (AvgIpc) is 2.66. The molecule has 0 aromatic rings. The maximum absolute atomic E-state index is 8.95. The van der Waals surface area contributed by atoms with Crippen LogP contribution in [0.15, 0.2) is 11.6 Å². The Hall–Kier alpha value is -0.870. The molecule has 0 amide bonds. The minimum absolute atomic E-state index is 0.223. The molecular weight excluding hydrogens is 196 g/mol. The standard InChI is InChI=1S/C9H14O2.C2H4O2/c1-8-3-2-4-9(7-8)10-5-6-11-9;1-4-2-3/h3H,2,4-7H2,1H3;2H,1H3. The summed E-state index contributed by atoms with van der Waals surface area (Å²) < 4.78 is 15.0. The van der Waals surface area contributed by atoms with Crippen molar-refractivity contribution in [3.8, 4) is 0 Å². The normalized spacial score (nSPS) is 22.7. The minimum Gasteiger partial charge on any atom is -0.471 e. The first-order chi connectivity index (χ1) is 7.22. The summed E-state index contributed by atoms with van der Waals surface area (Å²) in [6, 6.07) is 0. The van der Waals surface area contributed by atoms with Crippen LogP contribution in [-0.4, -0.2) is 32.6 Å². The third-order valence-electron chi connectivity index (χ3n) is 2.48. The molecule has 15 heavy (non-hydrogen) atoms. The quantitative estimate of drug-likeness (QED) is 0.492. The number of hydrogen-bond donors (Lipinski definition) is 0. The molecule has 1 aliphatic carbocycles. The van der Waals surface area contributed by atoms with Gasteiger partial charge in [0.05, 0.1) is 20.3 Å². The summed E-state index contributed by atoms with van der Waals surface area (Å²) in [5.41, 5.74) is 1.40. The molecule has 2 aliphatic rings. The smallest absolute Gasteiger partial charge is 0.292 e. The number of allylic oxidation sites excluding steroid dienone is 1. The van der Waals surface area contributed by atoms with Crippen molar-refractivity contribution in [2.45, 2.75) is 32.0 Å². The molecule has 0 unspecified atom stereocenters. The summed E-state index contributed by atoms with van der Waals surface area (Å²) in [6.07, 6.45) is 5.37. The van der Waals surface area contributed by atoms with Crippen molar-refractivity contribution >= 4 is 6.47 Å². The first-order valence-corrected chi connectivity index (χ1v) is 5.12. The van der Waals surface area contributed by atoms with Gasteiger partial charge in [-0.25, -0.2) is 0 Å².